The second-order valence-corrected chi connectivity index (χ2v) is 9.56. The van der Waals surface area contributed by atoms with E-state index in [2.05, 4.69) is 15.7 Å². The summed E-state index contributed by atoms with van der Waals surface area (Å²) >= 11 is 1.21. The van der Waals surface area contributed by atoms with Crippen LogP contribution in [0.5, 0.6) is 0 Å². The van der Waals surface area contributed by atoms with Crippen molar-refractivity contribution in [1.29, 1.82) is 0 Å². The van der Waals surface area contributed by atoms with Gasteiger partial charge >= 0.3 is 5.16 Å². The van der Waals surface area contributed by atoms with Crippen molar-refractivity contribution in [2.75, 3.05) is 22.2 Å². The predicted octanol–water partition coefficient (Wildman–Crippen LogP) is 3.85. The molecule has 0 spiro atoms. The lowest BCUT2D eigenvalue weighted by atomic mass is 10.1. The molecule has 0 saturated carbocycles. The summed E-state index contributed by atoms with van der Waals surface area (Å²) < 4.78 is 2.99. The Balaban J connectivity index is 1.52. The van der Waals surface area contributed by atoms with Crippen molar-refractivity contribution >= 4 is 35.0 Å². The maximum Gasteiger partial charge on any atom is 0.359 e. The van der Waals surface area contributed by atoms with E-state index in [0.717, 1.165) is 27.9 Å². The fraction of sp³-hybridized carbons (Fsp3) is 0.185. The van der Waals surface area contributed by atoms with Crippen molar-refractivity contribution in [3.8, 4) is 11.4 Å². The van der Waals surface area contributed by atoms with E-state index >= 15 is 0 Å². The Bertz CT molecular complexity index is 1360. The molecule has 184 valence electrons. The molecule has 0 saturated heterocycles. The van der Waals surface area contributed by atoms with Crippen LogP contribution in [0.2, 0.25) is 0 Å². The van der Waals surface area contributed by atoms with Crippen molar-refractivity contribution in [2.45, 2.75) is 32.5 Å². The summed E-state index contributed by atoms with van der Waals surface area (Å²) in [6.45, 7) is 5.94. The zero-order valence-corrected chi connectivity index (χ0v) is 21.3. The summed E-state index contributed by atoms with van der Waals surface area (Å²) in [6, 6.07) is 23.0. The molecule has 4 rings (SSSR count). The van der Waals surface area contributed by atoms with E-state index in [4.69, 9.17) is 5.84 Å². The third-order valence-electron chi connectivity index (χ3n) is 5.49. The molecule has 8 nitrogen and oxygen atoms in total. The van der Waals surface area contributed by atoms with Gasteiger partial charge < -0.3 is 10.6 Å². The largest absolute Gasteiger partial charge is 0.359 e. The summed E-state index contributed by atoms with van der Waals surface area (Å²) in [4.78, 5) is 25.3. The standard InChI is InChI=1S/C27H28N6O2S/c1-18-4-10-21(11-5-18)26-32(16-24(34)29-22-12-6-19(2)7-13-22)31-27(33(26)28)36-17-25(35)30-23-14-8-20(3)9-15-23/h4-15H,16-17,28H2,1-3H3,(H-,29,30,34,35)/p+1. The van der Waals surface area contributed by atoms with Crippen molar-refractivity contribution in [3.05, 3.63) is 89.5 Å². The van der Waals surface area contributed by atoms with E-state index in [1.807, 2.05) is 93.6 Å². The first kappa shape index (κ1) is 25.0. The fourth-order valence-corrected chi connectivity index (χ4v) is 4.26. The molecule has 4 N–H and O–H groups in total. The number of nitrogen functional groups attached to an aromatic ring is 1. The molecule has 0 aliphatic rings. The van der Waals surface area contributed by atoms with Crippen LogP contribution < -0.4 is 21.2 Å². The summed E-state index contributed by atoms with van der Waals surface area (Å²) in [5.74, 6) is 6.70. The lowest BCUT2D eigenvalue weighted by Crippen LogP contribution is -2.47. The molecule has 0 unspecified atom stereocenters. The first-order valence-electron chi connectivity index (χ1n) is 11.5. The minimum absolute atomic E-state index is 0.0373. The van der Waals surface area contributed by atoms with Gasteiger partial charge in [0.1, 0.15) is 0 Å². The van der Waals surface area contributed by atoms with Gasteiger partial charge in [-0.3, -0.25) is 15.4 Å². The van der Waals surface area contributed by atoms with Gasteiger partial charge in [0.25, 0.3) is 11.7 Å². The molecule has 0 bridgehead atoms. The van der Waals surface area contributed by atoms with Crippen LogP contribution in [0.25, 0.3) is 11.4 Å². The van der Waals surface area contributed by atoms with Gasteiger partial charge in [0.15, 0.2) is 6.54 Å². The van der Waals surface area contributed by atoms with Gasteiger partial charge in [-0.25, -0.2) is 0 Å². The molecule has 0 aliphatic heterocycles. The monoisotopic (exact) mass is 501 g/mol. The lowest BCUT2D eigenvalue weighted by molar-refractivity contribution is -0.667. The molecule has 36 heavy (non-hydrogen) atoms. The molecule has 0 fully saturated rings. The number of amides is 2. The number of nitrogens with two attached hydrogens (primary N) is 1. The van der Waals surface area contributed by atoms with Gasteiger partial charge in [-0.05, 0) is 68.9 Å². The molecule has 1 aromatic heterocycles. The average Bonchev–Trinajstić information content (AvgIpc) is 3.15. The maximum absolute atomic E-state index is 12.8. The summed E-state index contributed by atoms with van der Waals surface area (Å²) in [5.41, 5.74) is 5.58. The van der Waals surface area contributed by atoms with Crippen LogP contribution in [0.4, 0.5) is 11.4 Å². The van der Waals surface area contributed by atoms with E-state index < -0.39 is 0 Å². The Morgan fingerprint density at radius 3 is 1.81 bits per heavy atom. The minimum atomic E-state index is -0.232. The molecule has 0 radical (unpaired) electrons. The van der Waals surface area contributed by atoms with Gasteiger partial charge in [0, 0.05) is 11.4 Å². The Morgan fingerprint density at radius 1 is 0.806 bits per heavy atom. The zero-order valence-electron chi connectivity index (χ0n) is 20.5. The van der Waals surface area contributed by atoms with Crippen LogP contribution in [-0.2, 0) is 16.1 Å². The highest BCUT2D eigenvalue weighted by Crippen LogP contribution is 2.21. The normalized spacial score (nSPS) is 10.8. The number of hydrogen-bond donors (Lipinski definition) is 3. The molecule has 2 amide bonds. The second kappa shape index (κ2) is 11.1. The average molecular weight is 502 g/mol. The number of benzene rings is 3. The number of thioether (sulfide) groups is 1. The number of hydrogen-bond acceptors (Lipinski definition) is 5. The van der Waals surface area contributed by atoms with E-state index in [1.165, 1.54) is 16.4 Å². The number of aryl methyl sites for hydroxylation is 3. The van der Waals surface area contributed by atoms with Crippen molar-refractivity contribution < 1.29 is 14.3 Å². The van der Waals surface area contributed by atoms with Crippen LogP contribution in [0.1, 0.15) is 16.7 Å². The number of nitrogens with one attached hydrogen (secondary N) is 2. The number of rotatable bonds is 8. The van der Waals surface area contributed by atoms with Crippen molar-refractivity contribution in [1.82, 2.24) is 9.78 Å². The fourth-order valence-electron chi connectivity index (χ4n) is 3.55. The van der Waals surface area contributed by atoms with Crippen LogP contribution in [-0.4, -0.2) is 27.3 Å². The van der Waals surface area contributed by atoms with Gasteiger partial charge in [0.2, 0.25) is 5.91 Å². The van der Waals surface area contributed by atoms with Crippen molar-refractivity contribution in [3.63, 3.8) is 0 Å². The molecule has 3 aromatic carbocycles. The number of aromatic nitrogens is 3. The molecule has 4 aromatic rings. The Hall–Kier alpha value is -4.11. The van der Waals surface area contributed by atoms with E-state index in [1.54, 1.807) is 4.68 Å². The predicted molar refractivity (Wildman–Crippen MR) is 143 cm³/mol. The Labute approximate surface area is 214 Å². The van der Waals surface area contributed by atoms with E-state index in [0.29, 0.717) is 16.7 Å². The van der Waals surface area contributed by atoms with Crippen LogP contribution in [0.3, 0.4) is 0 Å². The van der Waals surface area contributed by atoms with Gasteiger partial charge in [0.05, 0.1) is 16.4 Å². The highest BCUT2D eigenvalue weighted by atomic mass is 32.2. The third kappa shape index (κ3) is 6.31. The lowest BCUT2D eigenvalue weighted by Gasteiger charge is -2.05. The highest BCUT2D eigenvalue weighted by Gasteiger charge is 2.28. The van der Waals surface area contributed by atoms with Crippen molar-refractivity contribution in [2.24, 2.45) is 0 Å². The second-order valence-electron chi connectivity index (χ2n) is 8.62. The van der Waals surface area contributed by atoms with Gasteiger partial charge in [-0.2, -0.15) is 0 Å². The SMILES string of the molecule is Cc1ccc(NC(=O)CSc2nn(CC(=O)Nc3ccc(C)cc3)c(-c3ccc(C)cc3)[n+]2N)cc1. The summed E-state index contributed by atoms with van der Waals surface area (Å²) in [5, 5.41) is 10.8. The Kier molecular flexibility index (Phi) is 7.70. The highest BCUT2D eigenvalue weighted by molar-refractivity contribution is 7.99. The third-order valence-corrected chi connectivity index (χ3v) is 6.43. The molecule has 9 heteroatoms. The number of nitrogens with zero attached hydrogens (tertiary/aromatic N) is 3. The molecule has 0 atom stereocenters. The van der Waals surface area contributed by atoms with E-state index in [-0.39, 0.29) is 24.1 Å². The topological polar surface area (TPSA) is 106 Å². The summed E-state index contributed by atoms with van der Waals surface area (Å²) in [6.07, 6.45) is 0. The minimum Gasteiger partial charge on any atom is -0.325 e. The first-order chi connectivity index (χ1) is 17.3. The smallest absolute Gasteiger partial charge is 0.325 e. The molecular weight excluding hydrogens is 472 g/mol. The number of anilines is 2. The van der Waals surface area contributed by atoms with Crippen LogP contribution >= 0.6 is 11.8 Å². The zero-order chi connectivity index (χ0) is 25.7. The maximum atomic E-state index is 12.8. The quantitative estimate of drug-likeness (QED) is 0.193. The molecular formula is C27H29N6O2S+. The molecule has 0 aliphatic carbocycles. The summed E-state index contributed by atoms with van der Waals surface area (Å²) in [7, 11) is 0. The number of carbonyl (C=O) groups is 2. The van der Waals surface area contributed by atoms with E-state index in [9.17, 15) is 9.59 Å². The number of carbonyl (C=O) groups excluding carboxylic acids is 2. The first-order valence-corrected chi connectivity index (χ1v) is 12.5. The van der Waals surface area contributed by atoms with Crippen LogP contribution in [0, 0.1) is 20.8 Å². The van der Waals surface area contributed by atoms with Crippen LogP contribution in [0.15, 0.2) is 78.0 Å². The van der Waals surface area contributed by atoms with Gasteiger partial charge in [-0.15, -0.1) is 4.68 Å². The molecule has 1 heterocycles. The van der Waals surface area contributed by atoms with Gasteiger partial charge in [-0.1, -0.05) is 57.8 Å². The Morgan fingerprint density at radius 2 is 1.28 bits per heavy atom.